The van der Waals surface area contributed by atoms with Gasteiger partial charge in [-0.2, -0.15) is 0 Å². The Balaban J connectivity index is 2.07. The third-order valence-corrected chi connectivity index (χ3v) is 3.09. The van der Waals surface area contributed by atoms with E-state index in [4.69, 9.17) is 0 Å². The molecule has 0 radical (unpaired) electrons. The lowest BCUT2D eigenvalue weighted by Crippen LogP contribution is -2.14. The smallest absolute Gasteiger partial charge is 0.201 e. The van der Waals surface area contributed by atoms with Crippen LogP contribution in [-0.4, -0.2) is 39.5 Å². The second kappa shape index (κ2) is 5.80. The first-order chi connectivity index (χ1) is 8.74. The molecule has 98 valence electrons. The van der Waals surface area contributed by atoms with E-state index in [0.717, 1.165) is 37.4 Å². The lowest BCUT2D eigenvalue weighted by molar-refractivity contribution is 0.111. The molecule has 0 unspecified atom stereocenters. The topological polar surface area (TPSA) is 51.0 Å². The maximum Gasteiger partial charge on any atom is 0.201 e. The van der Waals surface area contributed by atoms with Crippen molar-refractivity contribution in [2.75, 3.05) is 13.6 Å². The van der Waals surface area contributed by atoms with Gasteiger partial charge in [0.05, 0.1) is 0 Å². The summed E-state index contributed by atoms with van der Waals surface area (Å²) in [6.07, 6.45) is 9.12. The zero-order valence-corrected chi connectivity index (χ0v) is 11.0. The predicted molar refractivity (Wildman–Crippen MR) is 70.1 cm³/mol. The van der Waals surface area contributed by atoms with Crippen molar-refractivity contribution in [1.82, 2.24) is 19.7 Å². The van der Waals surface area contributed by atoms with Crippen molar-refractivity contribution in [1.29, 1.82) is 0 Å². The van der Waals surface area contributed by atoms with Crippen LogP contribution in [-0.2, 0) is 6.42 Å². The van der Waals surface area contributed by atoms with Crippen molar-refractivity contribution in [2.24, 2.45) is 5.92 Å². The minimum atomic E-state index is 0.370. The standard InChI is InChI=1S/C13H20N4O/c1-3-4-12-14-15-13(10-18)17(12)8-7-16(2)9-11-5-6-11/h7-8,10-11H,3-6,9H2,1-2H3/b8-7-. The molecule has 0 aromatic carbocycles. The molecule has 0 atom stereocenters. The molecule has 18 heavy (non-hydrogen) atoms. The minimum Gasteiger partial charge on any atom is -0.379 e. The van der Waals surface area contributed by atoms with Gasteiger partial charge in [0.15, 0.2) is 6.29 Å². The first-order valence-electron chi connectivity index (χ1n) is 6.52. The molecule has 0 amide bonds. The molecule has 0 saturated heterocycles. The minimum absolute atomic E-state index is 0.370. The van der Waals surface area contributed by atoms with Crippen LogP contribution in [0, 0.1) is 5.92 Å². The van der Waals surface area contributed by atoms with E-state index in [0.29, 0.717) is 5.82 Å². The van der Waals surface area contributed by atoms with Crippen LogP contribution in [0.25, 0.3) is 6.20 Å². The van der Waals surface area contributed by atoms with Crippen molar-refractivity contribution in [3.8, 4) is 0 Å². The maximum atomic E-state index is 10.9. The summed E-state index contributed by atoms with van der Waals surface area (Å²) in [5, 5.41) is 7.92. The zero-order valence-electron chi connectivity index (χ0n) is 11.0. The van der Waals surface area contributed by atoms with Gasteiger partial charge < -0.3 is 4.90 Å². The van der Waals surface area contributed by atoms with Crippen molar-refractivity contribution in [2.45, 2.75) is 32.6 Å². The highest BCUT2D eigenvalue weighted by molar-refractivity contribution is 5.70. The number of carbonyl (C=O) groups is 1. The Bertz CT molecular complexity index is 434. The summed E-state index contributed by atoms with van der Waals surface area (Å²) >= 11 is 0. The molecule has 0 N–H and O–H groups in total. The average molecular weight is 248 g/mol. The van der Waals surface area contributed by atoms with E-state index in [9.17, 15) is 4.79 Å². The number of nitrogens with zero attached hydrogens (tertiary/aromatic N) is 4. The molecular formula is C13H20N4O. The predicted octanol–water partition coefficient (Wildman–Crippen LogP) is 1.81. The van der Waals surface area contributed by atoms with Crippen LogP contribution in [0.5, 0.6) is 0 Å². The average Bonchev–Trinajstić information content (AvgIpc) is 3.07. The number of aldehydes is 1. The van der Waals surface area contributed by atoms with E-state index in [1.807, 2.05) is 12.4 Å². The summed E-state index contributed by atoms with van der Waals surface area (Å²) in [4.78, 5) is 13.1. The molecule has 1 aliphatic carbocycles. The lowest BCUT2D eigenvalue weighted by atomic mass is 10.3. The van der Waals surface area contributed by atoms with E-state index in [-0.39, 0.29) is 0 Å². The van der Waals surface area contributed by atoms with E-state index in [1.54, 1.807) is 4.57 Å². The Morgan fingerprint density at radius 2 is 2.22 bits per heavy atom. The van der Waals surface area contributed by atoms with Crippen molar-refractivity contribution >= 4 is 12.5 Å². The molecule has 1 aliphatic rings. The number of aryl methyl sites for hydroxylation is 1. The van der Waals surface area contributed by atoms with E-state index >= 15 is 0 Å². The molecule has 0 aliphatic heterocycles. The Morgan fingerprint density at radius 1 is 1.44 bits per heavy atom. The molecule has 1 saturated carbocycles. The van der Waals surface area contributed by atoms with Gasteiger partial charge in [-0.25, -0.2) is 0 Å². The molecule has 1 heterocycles. The molecule has 5 nitrogen and oxygen atoms in total. The summed E-state index contributed by atoms with van der Waals surface area (Å²) < 4.78 is 1.78. The van der Waals surface area contributed by atoms with Gasteiger partial charge >= 0.3 is 0 Å². The molecule has 0 bridgehead atoms. The van der Waals surface area contributed by atoms with Crippen LogP contribution < -0.4 is 0 Å². The zero-order chi connectivity index (χ0) is 13.0. The highest BCUT2D eigenvalue weighted by Crippen LogP contribution is 2.29. The maximum absolute atomic E-state index is 10.9. The third kappa shape index (κ3) is 3.18. The fourth-order valence-corrected chi connectivity index (χ4v) is 1.92. The van der Waals surface area contributed by atoms with Gasteiger partial charge in [-0.3, -0.25) is 9.36 Å². The van der Waals surface area contributed by atoms with Crippen LogP contribution in [0.1, 0.15) is 42.6 Å². The van der Waals surface area contributed by atoms with Gasteiger partial charge in [-0.1, -0.05) is 6.92 Å². The van der Waals surface area contributed by atoms with E-state index in [2.05, 4.69) is 29.1 Å². The fourth-order valence-electron chi connectivity index (χ4n) is 1.92. The van der Waals surface area contributed by atoms with Crippen LogP contribution >= 0.6 is 0 Å². The largest absolute Gasteiger partial charge is 0.379 e. The van der Waals surface area contributed by atoms with Crippen molar-refractivity contribution in [3.05, 3.63) is 17.8 Å². The Kier molecular flexibility index (Phi) is 4.12. The van der Waals surface area contributed by atoms with Crippen LogP contribution in [0.4, 0.5) is 0 Å². The van der Waals surface area contributed by atoms with Gasteiger partial charge in [-0.05, 0) is 25.2 Å². The first kappa shape index (κ1) is 12.8. The quantitative estimate of drug-likeness (QED) is 0.691. The summed E-state index contributed by atoms with van der Waals surface area (Å²) in [5.41, 5.74) is 0. The van der Waals surface area contributed by atoms with Crippen LogP contribution in [0.2, 0.25) is 0 Å². The molecule has 2 rings (SSSR count). The highest BCUT2D eigenvalue weighted by Gasteiger charge is 2.21. The van der Waals surface area contributed by atoms with Crippen molar-refractivity contribution < 1.29 is 4.79 Å². The summed E-state index contributed by atoms with van der Waals surface area (Å²) in [7, 11) is 2.05. The highest BCUT2D eigenvalue weighted by atomic mass is 16.1. The van der Waals surface area contributed by atoms with Gasteiger partial charge in [0.1, 0.15) is 5.82 Å². The summed E-state index contributed by atoms with van der Waals surface area (Å²) in [6, 6.07) is 0. The Hall–Kier alpha value is -1.65. The number of hydrogen-bond donors (Lipinski definition) is 0. The van der Waals surface area contributed by atoms with Gasteiger partial charge in [-0.15, -0.1) is 10.2 Å². The van der Waals surface area contributed by atoms with Crippen LogP contribution in [0.15, 0.2) is 6.20 Å². The van der Waals surface area contributed by atoms with Crippen molar-refractivity contribution in [3.63, 3.8) is 0 Å². The number of hydrogen-bond acceptors (Lipinski definition) is 4. The SMILES string of the molecule is CCCc1nnc(C=O)n1/C=C\N(C)CC1CC1. The lowest BCUT2D eigenvalue weighted by Gasteiger charge is -2.13. The molecule has 0 spiro atoms. The monoisotopic (exact) mass is 248 g/mol. The first-order valence-corrected chi connectivity index (χ1v) is 6.52. The molecular weight excluding hydrogens is 228 g/mol. The van der Waals surface area contributed by atoms with E-state index in [1.165, 1.54) is 12.8 Å². The third-order valence-electron chi connectivity index (χ3n) is 3.09. The van der Waals surface area contributed by atoms with E-state index < -0.39 is 0 Å². The number of carbonyl (C=O) groups excluding carboxylic acids is 1. The van der Waals surface area contributed by atoms with Gasteiger partial charge in [0.25, 0.3) is 0 Å². The van der Waals surface area contributed by atoms with Gasteiger partial charge in [0.2, 0.25) is 5.82 Å². The summed E-state index contributed by atoms with van der Waals surface area (Å²) in [5.74, 6) is 2.06. The second-order valence-electron chi connectivity index (χ2n) is 4.89. The molecule has 5 heteroatoms. The van der Waals surface area contributed by atoms with Crippen LogP contribution in [0.3, 0.4) is 0 Å². The molecule has 1 aromatic heterocycles. The summed E-state index contributed by atoms with van der Waals surface area (Å²) in [6.45, 7) is 3.17. The molecule has 1 fully saturated rings. The Morgan fingerprint density at radius 3 is 2.83 bits per heavy atom. The van der Waals surface area contributed by atoms with Gasteiger partial charge in [0, 0.05) is 32.4 Å². The number of rotatable bonds is 7. The second-order valence-corrected chi connectivity index (χ2v) is 4.89. The molecule has 1 aromatic rings. The fraction of sp³-hybridized carbons (Fsp3) is 0.615. The number of aromatic nitrogens is 3. The normalized spacial score (nSPS) is 15.2. The Labute approximate surface area is 107 Å².